The number of aliphatic hydroxyl groups is 1. The number of nitrogens with one attached hydrogen (secondary N) is 4. The van der Waals surface area contributed by atoms with Crippen molar-refractivity contribution < 1.29 is 62.6 Å². The molecule has 0 aromatic heterocycles. The molecule has 0 spiro atoms. The van der Waals surface area contributed by atoms with Crippen molar-refractivity contribution in [2.45, 2.75) is 235 Å². The van der Waals surface area contributed by atoms with Crippen LogP contribution in [0.4, 0.5) is 0 Å². The highest BCUT2D eigenvalue weighted by atomic mass is 16.5. The van der Waals surface area contributed by atoms with Crippen molar-refractivity contribution >= 4 is 65.0 Å². The first-order chi connectivity index (χ1) is 42.5. The average Bonchev–Trinajstić information content (AvgIpc) is 0.817. The van der Waals surface area contributed by atoms with E-state index in [9.17, 15) is 33.9 Å². The minimum Gasteiger partial charge on any atom is -0.390 e. The number of hydrogen-bond donors (Lipinski definition) is 5. The monoisotopic (exact) mass is 1300 g/mol. The van der Waals surface area contributed by atoms with Gasteiger partial charge in [-0.2, -0.15) is 0 Å². The molecule has 1 aliphatic heterocycles. The number of rotatable bonds is 20. The molecule has 1 fully saturated rings. The molecule has 1 saturated heterocycles. The zero-order chi connectivity index (χ0) is 71.3. The number of aliphatic hydroxyl groups excluding tert-OH is 1. The number of ether oxygens (including phenoxy) is 1. The van der Waals surface area contributed by atoms with E-state index in [0.717, 1.165) is 9.80 Å². The van der Waals surface area contributed by atoms with E-state index in [-0.39, 0.29) is 68.8 Å². The fourth-order valence-corrected chi connectivity index (χ4v) is 11.3. The molecule has 1 aliphatic rings. The van der Waals surface area contributed by atoms with Crippen molar-refractivity contribution in [3.05, 3.63) is 12.2 Å². The second-order valence-corrected chi connectivity index (χ2v) is 28.2. The third-order valence-corrected chi connectivity index (χ3v) is 17.3. The summed E-state index contributed by atoms with van der Waals surface area (Å²) < 4.78 is 6.25. The van der Waals surface area contributed by atoms with Crippen LogP contribution in [-0.2, 0) is 57.5 Å². The number of carbonyl (C=O) groups is 11. The number of likely N-dealkylation sites (N-methyl/N-ethyl adjacent to an activating group) is 8. The number of amides is 11. The van der Waals surface area contributed by atoms with Crippen molar-refractivity contribution in [2.75, 3.05) is 76.6 Å². The molecule has 0 aromatic rings. The fourth-order valence-electron chi connectivity index (χ4n) is 11.3. The average molecular weight is 1300 g/mol. The standard InChI is InChI=1S/C67H122N12O13/c1-27-29-30-44(15)55(80)54-59(84)70-47(28-2)61(86)79(26)67(92-34-33-72(18)19)66(91)74(21)49(35-39(5)6)58(83)71-52(42(11)12)64(89)73(20)48(32-31-38(3)4)57(82)68-45(16)56(81)69-46(17)60(85)75(22)50(36-40(7)8)62(87)76(23)51(37-41(9)10)63(88)77(24)53(43(13)14)65(90)78(54)25/h27,29,38-55,67,80H,28,30-37H2,1-26H3,(H,68,82)(H,69,81)(H,70,84)(H,71,83)/b29-27+/t44-,45+,46-,47+,48+,49+,50+,51+,52+,53+,54+,55-,67-/m1/s1. The molecule has 11 amide bonds. The molecule has 13 atom stereocenters. The van der Waals surface area contributed by atoms with Gasteiger partial charge in [-0.15, -0.1) is 0 Å². The van der Waals surface area contributed by atoms with Crippen LogP contribution in [0.2, 0.25) is 0 Å². The molecule has 5 N–H and O–H groups in total. The summed E-state index contributed by atoms with van der Waals surface area (Å²) in [5.41, 5.74) is 0. The summed E-state index contributed by atoms with van der Waals surface area (Å²) in [6.45, 7) is 30.3. The lowest BCUT2D eigenvalue weighted by Gasteiger charge is -2.41. The lowest BCUT2D eigenvalue weighted by molar-refractivity contribution is -0.168. The minimum atomic E-state index is -1.68. The number of carbonyl (C=O) groups excluding carboxylic acids is 11. The SMILES string of the molecule is C/C=C/C[C@@H](C)[C@@H](O)[C@H]1C(=O)N[C@@H](CC)C(=O)N(C)[C@H](OCCN(C)C)C(=O)N(C)[C@@H](CC(C)C)C(=O)N[C@@H](C(C)C)C(=O)N(C)[C@@H](CCC(C)C)C(=O)N[C@@H](C)C(=O)N[C@H](C)C(=O)N(C)[C@@H](CC(C)C)C(=O)N(C)[C@@H](CC(C)C)C(=O)N(C)[C@@H](C(C)C)C(=O)N1C. The summed E-state index contributed by atoms with van der Waals surface area (Å²) in [6.07, 6.45) is 1.64. The molecule has 92 heavy (non-hydrogen) atoms. The van der Waals surface area contributed by atoms with Crippen LogP contribution in [0.5, 0.6) is 0 Å². The molecule has 1 heterocycles. The molecule has 1 rings (SSSR count). The topological polar surface area (TPSA) is 291 Å². The summed E-state index contributed by atoms with van der Waals surface area (Å²) >= 11 is 0. The Labute approximate surface area is 551 Å². The predicted molar refractivity (Wildman–Crippen MR) is 356 cm³/mol. The van der Waals surface area contributed by atoms with E-state index < -0.39 is 155 Å². The first kappa shape index (κ1) is 83.8. The van der Waals surface area contributed by atoms with Gasteiger partial charge in [-0.25, -0.2) is 0 Å². The zero-order valence-corrected chi connectivity index (χ0v) is 60.9. The maximum absolute atomic E-state index is 15.3. The molecule has 0 unspecified atom stereocenters. The van der Waals surface area contributed by atoms with E-state index in [0.29, 0.717) is 13.0 Å². The van der Waals surface area contributed by atoms with Gasteiger partial charge in [0.2, 0.25) is 65.3 Å². The molecule has 25 nitrogen and oxygen atoms in total. The Hall–Kier alpha value is -6.21. The van der Waals surface area contributed by atoms with Gasteiger partial charge in [-0.3, -0.25) is 52.7 Å². The molecule has 528 valence electrons. The van der Waals surface area contributed by atoms with E-state index >= 15 is 24.0 Å². The highest BCUT2D eigenvalue weighted by Crippen LogP contribution is 2.26. The lowest BCUT2D eigenvalue weighted by atomic mass is 9.91. The molecule has 0 bridgehead atoms. The quantitative estimate of drug-likeness (QED) is 0.109. The normalized spacial score (nSPS) is 26.7. The van der Waals surface area contributed by atoms with Crippen LogP contribution in [0.3, 0.4) is 0 Å². The predicted octanol–water partition coefficient (Wildman–Crippen LogP) is 3.56. The van der Waals surface area contributed by atoms with Gasteiger partial charge in [-0.05, 0) is 121 Å². The third-order valence-electron chi connectivity index (χ3n) is 17.3. The van der Waals surface area contributed by atoms with Crippen molar-refractivity contribution in [2.24, 2.45) is 41.4 Å². The smallest absolute Gasteiger partial charge is 0.273 e. The molecular formula is C67H122N12O13. The van der Waals surface area contributed by atoms with Gasteiger partial charge in [0.05, 0.1) is 12.7 Å². The minimum absolute atomic E-state index is 0.0419. The van der Waals surface area contributed by atoms with Crippen LogP contribution in [0, 0.1) is 41.4 Å². The lowest BCUT2D eigenvalue weighted by Crippen LogP contribution is -2.64. The van der Waals surface area contributed by atoms with Gasteiger partial charge in [0.1, 0.15) is 60.4 Å². The molecule has 0 aromatic carbocycles. The Morgan fingerprint density at radius 2 is 0.946 bits per heavy atom. The third kappa shape index (κ3) is 24.0. The molecule has 0 radical (unpaired) electrons. The number of nitrogens with zero attached hydrogens (tertiary/aromatic N) is 8. The molecule has 0 aliphatic carbocycles. The van der Waals surface area contributed by atoms with Crippen molar-refractivity contribution in [1.29, 1.82) is 0 Å². The highest BCUT2D eigenvalue weighted by Gasteiger charge is 2.46. The van der Waals surface area contributed by atoms with Gasteiger partial charge < -0.3 is 70.3 Å². The van der Waals surface area contributed by atoms with Crippen LogP contribution >= 0.6 is 0 Å². The van der Waals surface area contributed by atoms with E-state index in [1.54, 1.807) is 79.6 Å². The Bertz CT molecular complexity index is 2490. The Morgan fingerprint density at radius 1 is 0.489 bits per heavy atom. The molecule has 25 heteroatoms. The van der Waals surface area contributed by atoms with Gasteiger partial charge in [0, 0.05) is 55.9 Å². The van der Waals surface area contributed by atoms with Gasteiger partial charge in [0.25, 0.3) is 5.91 Å². The largest absolute Gasteiger partial charge is 0.390 e. The first-order valence-electron chi connectivity index (χ1n) is 33.2. The van der Waals surface area contributed by atoms with E-state index in [1.807, 2.05) is 55.4 Å². The van der Waals surface area contributed by atoms with Crippen molar-refractivity contribution in [3.8, 4) is 0 Å². The summed E-state index contributed by atoms with van der Waals surface area (Å²) in [6, 6.07) is -12.7. The van der Waals surface area contributed by atoms with Crippen LogP contribution in [0.15, 0.2) is 12.2 Å². The van der Waals surface area contributed by atoms with Crippen molar-refractivity contribution in [1.82, 2.24) is 60.5 Å². The molecule has 0 saturated carbocycles. The Balaban J connectivity index is 4.53. The fraction of sp³-hybridized carbons (Fsp3) is 0.806. The zero-order valence-electron chi connectivity index (χ0n) is 60.9. The van der Waals surface area contributed by atoms with Crippen LogP contribution in [0.1, 0.15) is 163 Å². The first-order valence-corrected chi connectivity index (χ1v) is 33.2. The summed E-state index contributed by atoms with van der Waals surface area (Å²) in [5, 5.41) is 23.3. The van der Waals surface area contributed by atoms with Crippen LogP contribution < -0.4 is 21.3 Å². The number of allylic oxidation sites excluding steroid dienone is 2. The highest BCUT2D eigenvalue weighted by molar-refractivity contribution is 6.00. The Kier molecular flexibility index (Phi) is 35.4. The summed E-state index contributed by atoms with van der Waals surface area (Å²) in [7, 11) is 13.4. The van der Waals surface area contributed by atoms with Crippen LogP contribution in [0.25, 0.3) is 0 Å². The maximum Gasteiger partial charge on any atom is 0.273 e. The van der Waals surface area contributed by atoms with E-state index in [2.05, 4.69) is 21.3 Å². The van der Waals surface area contributed by atoms with Crippen LogP contribution in [-0.4, -0.2) is 259 Å². The van der Waals surface area contributed by atoms with Gasteiger partial charge in [0.15, 0.2) is 0 Å². The summed E-state index contributed by atoms with van der Waals surface area (Å²) in [4.78, 5) is 174. The second-order valence-electron chi connectivity index (χ2n) is 28.2. The number of hydrogen-bond acceptors (Lipinski definition) is 14. The van der Waals surface area contributed by atoms with Gasteiger partial charge in [-0.1, -0.05) is 109 Å². The summed E-state index contributed by atoms with van der Waals surface area (Å²) in [5.74, 6) is -10.1. The maximum atomic E-state index is 15.3. The van der Waals surface area contributed by atoms with Gasteiger partial charge >= 0.3 is 0 Å². The molecular weight excluding hydrogens is 1180 g/mol. The van der Waals surface area contributed by atoms with E-state index in [4.69, 9.17) is 4.74 Å². The van der Waals surface area contributed by atoms with Crippen molar-refractivity contribution in [3.63, 3.8) is 0 Å². The second kappa shape index (κ2) is 38.8. The Morgan fingerprint density at radius 3 is 1.41 bits per heavy atom. The van der Waals surface area contributed by atoms with E-state index in [1.165, 1.54) is 87.7 Å².